The lowest BCUT2D eigenvalue weighted by Gasteiger charge is -2.53. The summed E-state index contributed by atoms with van der Waals surface area (Å²) in [6.07, 6.45) is 5.26. The van der Waals surface area contributed by atoms with E-state index in [4.69, 9.17) is 44.6 Å². The van der Waals surface area contributed by atoms with Crippen LogP contribution in [0.2, 0.25) is 0 Å². The van der Waals surface area contributed by atoms with Crippen molar-refractivity contribution in [1.29, 1.82) is 0 Å². The topological polar surface area (TPSA) is 349 Å². The number of amides is 8. The number of nitrogens with one attached hydrogen (secondary N) is 6. The fourth-order valence-electron chi connectivity index (χ4n) is 12.3. The molecule has 2 saturated heterocycles. The van der Waals surface area contributed by atoms with E-state index in [1.807, 2.05) is 60.8 Å². The molecule has 0 unspecified atom stereocenters. The zero-order valence-electron chi connectivity index (χ0n) is 59.4. The number of unbranched alkanes of at least 4 members (excludes halogenated alkanes) is 2. The van der Waals surface area contributed by atoms with Crippen LogP contribution in [0.25, 0.3) is 11.0 Å². The van der Waals surface area contributed by atoms with Gasteiger partial charge in [0.15, 0.2) is 5.82 Å². The lowest BCUT2D eigenvalue weighted by Crippen LogP contribution is -2.70. The number of anilines is 4. The number of para-hydroxylation sites is 1. The Balaban J connectivity index is 0.620. The number of likely N-dealkylation sites (tertiary alicyclic amines) is 1. The van der Waals surface area contributed by atoms with Crippen molar-refractivity contribution in [3.8, 4) is 17.6 Å². The number of hydrogen-bond acceptors (Lipinski definition) is 19. The number of nitrogen functional groups attached to an aromatic ring is 1. The molecule has 1 spiro atoms. The van der Waals surface area contributed by atoms with Gasteiger partial charge in [0.1, 0.15) is 35.6 Å². The maximum absolute atomic E-state index is 13.8. The van der Waals surface area contributed by atoms with E-state index < -0.39 is 47.5 Å². The van der Waals surface area contributed by atoms with Crippen molar-refractivity contribution in [3.63, 3.8) is 0 Å². The Morgan fingerprint density at radius 1 is 0.699 bits per heavy atom. The fourth-order valence-corrected chi connectivity index (χ4v) is 12.3. The maximum atomic E-state index is 13.8. The first kappa shape index (κ1) is 77.3. The third-order valence-corrected chi connectivity index (χ3v) is 17.7. The largest absolute Gasteiger partial charge is 0.496 e. The molecular weight excluding hydrogens is 1320 g/mol. The molecule has 0 aliphatic carbocycles. The van der Waals surface area contributed by atoms with Gasteiger partial charge in [0, 0.05) is 93.7 Å². The summed E-state index contributed by atoms with van der Waals surface area (Å²) in [4.78, 5) is 106. The highest BCUT2D eigenvalue weighted by atomic mass is 16.6. The lowest BCUT2D eigenvalue weighted by molar-refractivity contribution is -0.181. The SMILES string of the molecule is CCCCCNc1nc(N)nc2ccn(Cc3ccc(CN4CC5(C4)CN(C(=O)OCc4ccc(NC(=O)[C@H](CCCNC(N)=O)NC(=O)[C@@H](NC(=O)CCOCCOCCOCCOCCNC(=O)CCC(=O)N6Cc7ccccc7C#Cc7ccccc76)C(C)C)cc4)CCO5)cc3OC)c12. The molecular formula is C75H98N14O14. The molecule has 552 valence electrons. The van der Waals surface area contributed by atoms with Gasteiger partial charge in [-0.15, -0.1) is 0 Å². The highest BCUT2D eigenvalue weighted by Crippen LogP contribution is 2.34. The number of fused-ring (bicyclic) bond motifs is 3. The average molecular weight is 1420 g/mol. The Morgan fingerprint density at radius 2 is 1.41 bits per heavy atom. The highest BCUT2D eigenvalue weighted by molar-refractivity contribution is 5.99. The van der Waals surface area contributed by atoms with Crippen LogP contribution in [0, 0.1) is 17.8 Å². The molecule has 2 aromatic heterocycles. The molecule has 3 aliphatic rings. The van der Waals surface area contributed by atoms with Gasteiger partial charge >= 0.3 is 12.1 Å². The van der Waals surface area contributed by atoms with Crippen LogP contribution in [0.4, 0.5) is 32.7 Å². The molecule has 2 fully saturated rings. The number of nitrogens with zero attached hydrogens (tertiary/aromatic N) is 6. The molecule has 28 nitrogen and oxygen atoms in total. The molecule has 0 saturated carbocycles. The first-order valence-corrected chi connectivity index (χ1v) is 35.4. The van der Waals surface area contributed by atoms with E-state index in [-0.39, 0.29) is 95.5 Å². The van der Waals surface area contributed by atoms with Crippen molar-refractivity contribution in [2.24, 2.45) is 11.7 Å². The Hall–Kier alpha value is -9.89. The molecule has 28 heteroatoms. The van der Waals surface area contributed by atoms with Gasteiger partial charge in [-0.3, -0.25) is 28.9 Å². The first-order valence-electron chi connectivity index (χ1n) is 35.4. The minimum atomic E-state index is -1.06. The van der Waals surface area contributed by atoms with Gasteiger partial charge in [-0.05, 0) is 84.3 Å². The second-order valence-electron chi connectivity index (χ2n) is 26.0. The number of carbonyl (C=O) groups is 7. The highest BCUT2D eigenvalue weighted by Gasteiger charge is 2.48. The quantitative estimate of drug-likeness (QED) is 0.0157. The van der Waals surface area contributed by atoms with E-state index >= 15 is 0 Å². The van der Waals surface area contributed by atoms with E-state index in [1.165, 1.54) is 0 Å². The van der Waals surface area contributed by atoms with Crippen molar-refractivity contribution in [1.82, 2.24) is 45.6 Å². The number of ether oxygens (including phenoxy) is 7. The molecule has 3 aliphatic heterocycles. The van der Waals surface area contributed by atoms with Crippen molar-refractivity contribution in [2.45, 2.75) is 116 Å². The van der Waals surface area contributed by atoms with Gasteiger partial charge in [0.2, 0.25) is 35.5 Å². The van der Waals surface area contributed by atoms with Gasteiger partial charge in [0.25, 0.3) is 0 Å². The number of aromatic nitrogens is 3. The van der Waals surface area contributed by atoms with Crippen molar-refractivity contribution in [3.05, 3.63) is 137 Å². The molecule has 10 N–H and O–H groups in total. The van der Waals surface area contributed by atoms with E-state index in [2.05, 4.69) is 88.3 Å². The van der Waals surface area contributed by atoms with Gasteiger partial charge in [0.05, 0.1) is 97.4 Å². The summed E-state index contributed by atoms with van der Waals surface area (Å²) in [6.45, 7) is 13.0. The smallest absolute Gasteiger partial charge is 0.410 e. The number of rotatable bonds is 40. The standard InChI is InChI=1S/C75H98N14O14/c1-5-6-11-30-79-69-68-60(83-72(76)85-69)28-33-87(68)46-58-21-18-54(44-63(58)97-4)45-86-49-75(50-86)51-88(34-37-103-75)74(96)102-48-53-19-24-59(25-20-53)81-70(93)61(16-12-31-80-73(77)95)82-71(94)67(52(2)3)84-65(91)29-35-98-38-40-100-42-43-101-41-39-99-36-32-78-64(90)26-27-66(92)89-47-57-15-8-7-13-55(57)22-23-56-14-9-10-17-62(56)89/h7-10,13-15,17-21,24-25,28,33,44,52,61,67H,5-6,11-12,16,26-27,29-32,34-43,45-51H2,1-4H3,(H,78,90)(H,81,93)(H,82,94)(H,84,91)(H3,77,80,95)(H3,76,79,83,85)/t61-,67-/m0/s1. The third-order valence-electron chi connectivity index (χ3n) is 17.7. The summed E-state index contributed by atoms with van der Waals surface area (Å²) in [6, 6.07) is 27.5. The van der Waals surface area contributed by atoms with Crippen molar-refractivity contribution in [2.75, 3.05) is 134 Å². The van der Waals surface area contributed by atoms with Crippen LogP contribution in [-0.2, 0) is 78.6 Å². The fraction of sp³-hybridized carbons (Fsp3) is 0.480. The number of benzene rings is 4. The predicted molar refractivity (Wildman–Crippen MR) is 389 cm³/mol. The molecule has 0 bridgehead atoms. The molecule has 8 amide bonds. The van der Waals surface area contributed by atoms with Gasteiger partial charge in [-0.2, -0.15) is 4.98 Å². The Kier molecular flexibility index (Phi) is 29.6. The number of carbonyl (C=O) groups excluding carboxylic acids is 7. The zero-order valence-corrected chi connectivity index (χ0v) is 59.4. The minimum Gasteiger partial charge on any atom is -0.496 e. The third kappa shape index (κ3) is 23.6. The summed E-state index contributed by atoms with van der Waals surface area (Å²) < 4.78 is 42.4. The second-order valence-corrected chi connectivity index (χ2v) is 26.0. The normalized spacial score (nSPS) is 14.3. The molecule has 9 rings (SSSR count). The van der Waals surface area contributed by atoms with Crippen LogP contribution in [-0.4, -0.2) is 196 Å². The van der Waals surface area contributed by atoms with Crippen molar-refractivity contribution < 1.29 is 66.7 Å². The van der Waals surface area contributed by atoms with Crippen LogP contribution in [0.3, 0.4) is 0 Å². The van der Waals surface area contributed by atoms with Gasteiger partial charge < -0.3 is 90.9 Å². The monoisotopic (exact) mass is 1420 g/mol. The second kappa shape index (κ2) is 39.5. The number of hydrogen-bond donors (Lipinski definition) is 8. The summed E-state index contributed by atoms with van der Waals surface area (Å²) in [7, 11) is 1.67. The Morgan fingerprint density at radius 3 is 2.15 bits per heavy atom. The molecule has 103 heavy (non-hydrogen) atoms. The number of urea groups is 1. The Labute approximate surface area is 601 Å². The number of methoxy groups -OCH3 is 1. The van der Waals surface area contributed by atoms with Crippen LogP contribution in [0.1, 0.15) is 106 Å². The number of morpholine rings is 1. The zero-order chi connectivity index (χ0) is 72.9. The van der Waals surface area contributed by atoms with Crippen molar-refractivity contribution >= 4 is 75.8 Å². The molecule has 4 aromatic carbocycles. The van der Waals surface area contributed by atoms with Crippen LogP contribution >= 0.6 is 0 Å². The average Bonchev–Trinajstić information content (AvgIpc) is 1.73. The molecule has 2 atom stereocenters. The molecule has 5 heterocycles. The van der Waals surface area contributed by atoms with Crippen LogP contribution in [0.5, 0.6) is 5.75 Å². The number of primary amides is 1. The van der Waals surface area contributed by atoms with Gasteiger partial charge in [-0.1, -0.05) is 100 Å². The lowest BCUT2D eigenvalue weighted by atomic mass is 9.91. The minimum absolute atomic E-state index is 0.0159. The summed E-state index contributed by atoms with van der Waals surface area (Å²) in [5, 5.41) is 17.2. The first-order chi connectivity index (χ1) is 50.0. The Bertz CT molecular complexity index is 3890. The summed E-state index contributed by atoms with van der Waals surface area (Å²) in [5.41, 5.74) is 18.9. The van der Waals surface area contributed by atoms with E-state index in [9.17, 15) is 33.6 Å². The maximum Gasteiger partial charge on any atom is 0.410 e. The van der Waals surface area contributed by atoms with Crippen LogP contribution < -0.4 is 53.0 Å². The predicted octanol–water partition coefficient (Wildman–Crippen LogP) is 6.21. The molecule has 0 radical (unpaired) electrons. The van der Waals surface area contributed by atoms with Crippen LogP contribution in [0.15, 0.2) is 103 Å². The number of nitrogens with two attached hydrogens (primary N) is 2. The summed E-state index contributed by atoms with van der Waals surface area (Å²) in [5.74, 6) is 5.80. The van der Waals surface area contributed by atoms with E-state index in [0.717, 1.165) is 76.1 Å². The summed E-state index contributed by atoms with van der Waals surface area (Å²) >= 11 is 0. The van der Waals surface area contributed by atoms with E-state index in [1.54, 1.807) is 55.0 Å². The van der Waals surface area contributed by atoms with E-state index in [0.29, 0.717) is 102 Å². The molecule has 6 aromatic rings. The van der Waals surface area contributed by atoms with Gasteiger partial charge in [-0.25, -0.2) is 14.6 Å².